The summed E-state index contributed by atoms with van der Waals surface area (Å²) in [5.41, 5.74) is -0.0482. The SMILES string of the molecule is Cn1cc(CCCO)c(=O)n(C)c1=O. The zero-order valence-corrected chi connectivity index (χ0v) is 8.36. The first-order chi connectivity index (χ1) is 6.57. The van der Waals surface area contributed by atoms with Crippen molar-refractivity contribution in [1.29, 1.82) is 0 Å². The first-order valence-corrected chi connectivity index (χ1v) is 4.44. The Hall–Kier alpha value is -1.36. The molecule has 0 bridgehead atoms. The molecule has 0 unspecified atom stereocenters. The summed E-state index contributed by atoms with van der Waals surface area (Å²) in [5, 5.41) is 8.63. The molecule has 0 amide bonds. The molecule has 1 aromatic heterocycles. The maximum atomic E-state index is 11.5. The van der Waals surface area contributed by atoms with E-state index >= 15 is 0 Å². The third-order valence-electron chi connectivity index (χ3n) is 2.12. The number of aliphatic hydroxyl groups is 1. The van der Waals surface area contributed by atoms with E-state index in [1.54, 1.807) is 7.05 Å². The topological polar surface area (TPSA) is 64.2 Å². The molecule has 1 rings (SSSR count). The van der Waals surface area contributed by atoms with Crippen molar-refractivity contribution >= 4 is 0 Å². The minimum atomic E-state index is -0.331. The fourth-order valence-electron chi connectivity index (χ4n) is 1.32. The Kier molecular flexibility index (Phi) is 3.24. The van der Waals surface area contributed by atoms with Crippen LogP contribution in [0, 0.1) is 0 Å². The van der Waals surface area contributed by atoms with Crippen LogP contribution in [0.3, 0.4) is 0 Å². The highest BCUT2D eigenvalue weighted by atomic mass is 16.3. The molecule has 0 aromatic carbocycles. The van der Waals surface area contributed by atoms with Gasteiger partial charge < -0.3 is 9.67 Å². The van der Waals surface area contributed by atoms with E-state index in [1.807, 2.05) is 0 Å². The van der Waals surface area contributed by atoms with Crippen LogP contribution in [-0.4, -0.2) is 20.8 Å². The second-order valence-electron chi connectivity index (χ2n) is 3.24. The summed E-state index contributed by atoms with van der Waals surface area (Å²) in [7, 11) is 3.05. The normalized spacial score (nSPS) is 10.5. The van der Waals surface area contributed by atoms with Crippen LogP contribution in [0.15, 0.2) is 15.8 Å². The Morgan fingerprint density at radius 3 is 2.57 bits per heavy atom. The van der Waals surface area contributed by atoms with Gasteiger partial charge in [0.15, 0.2) is 0 Å². The fourth-order valence-corrected chi connectivity index (χ4v) is 1.32. The van der Waals surface area contributed by atoms with Crippen LogP contribution in [0.1, 0.15) is 12.0 Å². The van der Waals surface area contributed by atoms with Crippen molar-refractivity contribution in [3.8, 4) is 0 Å². The quantitative estimate of drug-likeness (QED) is 0.678. The van der Waals surface area contributed by atoms with Crippen LogP contribution in [0.5, 0.6) is 0 Å². The summed E-state index contributed by atoms with van der Waals surface area (Å²) in [5.74, 6) is 0. The lowest BCUT2D eigenvalue weighted by Gasteiger charge is -2.05. The Morgan fingerprint density at radius 2 is 2.00 bits per heavy atom. The number of aryl methyl sites for hydroxylation is 2. The fraction of sp³-hybridized carbons (Fsp3) is 0.556. The zero-order chi connectivity index (χ0) is 10.7. The highest BCUT2D eigenvalue weighted by molar-refractivity contribution is 5.05. The number of nitrogens with zero attached hydrogens (tertiary/aromatic N) is 2. The number of rotatable bonds is 3. The van der Waals surface area contributed by atoms with E-state index in [9.17, 15) is 9.59 Å². The van der Waals surface area contributed by atoms with E-state index < -0.39 is 0 Å². The molecular formula is C9H14N2O3. The lowest BCUT2D eigenvalue weighted by atomic mass is 10.2. The Bertz CT molecular complexity index is 431. The smallest absolute Gasteiger partial charge is 0.330 e. The van der Waals surface area contributed by atoms with Gasteiger partial charge in [-0.2, -0.15) is 0 Å². The highest BCUT2D eigenvalue weighted by Gasteiger charge is 2.05. The standard InChI is InChI=1S/C9H14N2O3/c1-10-6-7(4-3-5-12)8(13)11(2)9(10)14/h6,12H,3-5H2,1-2H3. The van der Waals surface area contributed by atoms with Gasteiger partial charge in [-0.3, -0.25) is 9.36 Å². The molecule has 78 valence electrons. The van der Waals surface area contributed by atoms with E-state index in [-0.39, 0.29) is 17.9 Å². The van der Waals surface area contributed by atoms with Crippen LogP contribution in [0.4, 0.5) is 0 Å². The summed E-state index contributed by atoms with van der Waals surface area (Å²) in [6, 6.07) is 0. The Morgan fingerprint density at radius 1 is 1.36 bits per heavy atom. The van der Waals surface area contributed by atoms with Gasteiger partial charge in [0.25, 0.3) is 5.56 Å². The van der Waals surface area contributed by atoms with Crippen molar-refractivity contribution in [2.45, 2.75) is 12.8 Å². The number of hydrogen-bond donors (Lipinski definition) is 1. The lowest BCUT2D eigenvalue weighted by Crippen LogP contribution is -2.38. The van der Waals surface area contributed by atoms with Crippen LogP contribution < -0.4 is 11.2 Å². The molecule has 1 aromatic rings. The molecule has 0 atom stereocenters. The third-order valence-corrected chi connectivity index (χ3v) is 2.12. The van der Waals surface area contributed by atoms with E-state index in [0.29, 0.717) is 18.4 Å². The first-order valence-electron chi connectivity index (χ1n) is 4.44. The summed E-state index contributed by atoms with van der Waals surface area (Å²) in [6.45, 7) is 0.0476. The van der Waals surface area contributed by atoms with Crippen molar-refractivity contribution < 1.29 is 5.11 Å². The van der Waals surface area contributed by atoms with Crippen molar-refractivity contribution in [1.82, 2.24) is 9.13 Å². The predicted octanol–water partition coefficient (Wildman–Crippen LogP) is -0.991. The van der Waals surface area contributed by atoms with Crippen LogP contribution in [-0.2, 0) is 20.5 Å². The van der Waals surface area contributed by atoms with E-state index in [0.717, 1.165) is 4.57 Å². The van der Waals surface area contributed by atoms with Crippen molar-refractivity contribution in [3.63, 3.8) is 0 Å². The lowest BCUT2D eigenvalue weighted by molar-refractivity contribution is 0.288. The number of aliphatic hydroxyl groups excluding tert-OH is 1. The number of aromatic nitrogens is 2. The van der Waals surface area contributed by atoms with Gasteiger partial charge in [-0.15, -0.1) is 0 Å². The molecule has 0 radical (unpaired) electrons. The Labute approximate surface area is 81.2 Å². The summed E-state index contributed by atoms with van der Waals surface area (Å²) >= 11 is 0. The molecule has 14 heavy (non-hydrogen) atoms. The van der Waals surface area contributed by atoms with Gasteiger partial charge >= 0.3 is 5.69 Å². The monoisotopic (exact) mass is 198 g/mol. The Balaban J connectivity index is 3.20. The van der Waals surface area contributed by atoms with E-state index in [2.05, 4.69) is 0 Å². The van der Waals surface area contributed by atoms with Gasteiger partial charge in [0.1, 0.15) is 0 Å². The van der Waals surface area contributed by atoms with Gasteiger partial charge in [-0.05, 0) is 12.8 Å². The third kappa shape index (κ3) is 1.93. The summed E-state index contributed by atoms with van der Waals surface area (Å²) in [4.78, 5) is 22.8. The van der Waals surface area contributed by atoms with Crippen molar-refractivity contribution in [3.05, 3.63) is 32.6 Å². The van der Waals surface area contributed by atoms with Crippen LogP contribution in [0.25, 0.3) is 0 Å². The van der Waals surface area contributed by atoms with Gasteiger partial charge in [-0.25, -0.2) is 4.79 Å². The molecule has 0 aliphatic heterocycles. The molecule has 0 fully saturated rings. The average Bonchev–Trinajstić information content (AvgIpc) is 2.18. The second kappa shape index (κ2) is 4.23. The van der Waals surface area contributed by atoms with E-state index in [1.165, 1.54) is 17.8 Å². The maximum Gasteiger partial charge on any atom is 0.330 e. The largest absolute Gasteiger partial charge is 0.396 e. The molecular weight excluding hydrogens is 184 g/mol. The summed E-state index contributed by atoms with van der Waals surface area (Å²) < 4.78 is 2.45. The minimum absolute atomic E-state index is 0.0476. The first kappa shape index (κ1) is 10.7. The molecule has 1 N–H and O–H groups in total. The molecule has 0 saturated carbocycles. The zero-order valence-electron chi connectivity index (χ0n) is 8.36. The summed E-state index contributed by atoms with van der Waals surface area (Å²) in [6.07, 6.45) is 2.56. The molecule has 1 heterocycles. The average molecular weight is 198 g/mol. The molecule has 5 nitrogen and oxygen atoms in total. The molecule has 0 aliphatic carbocycles. The van der Waals surface area contributed by atoms with Crippen LogP contribution in [0.2, 0.25) is 0 Å². The van der Waals surface area contributed by atoms with Crippen molar-refractivity contribution in [2.75, 3.05) is 6.61 Å². The predicted molar refractivity (Wildman–Crippen MR) is 52.3 cm³/mol. The molecule has 0 spiro atoms. The maximum absolute atomic E-state index is 11.5. The van der Waals surface area contributed by atoms with Gasteiger partial charge in [0, 0.05) is 32.5 Å². The molecule has 0 aliphatic rings. The van der Waals surface area contributed by atoms with Gasteiger partial charge in [0.05, 0.1) is 0 Å². The van der Waals surface area contributed by atoms with Crippen molar-refractivity contribution in [2.24, 2.45) is 14.1 Å². The molecule has 0 saturated heterocycles. The molecule has 5 heteroatoms. The minimum Gasteiger partial charge on any atom is -0.396 e. The highest BCUT2D eigenvalue weighted by Crippen LogP contribution is 1.93. The second-order valence-corrected chi connectivity index (χ2v) is 3.24. The van der Waals surface area contributed by atoms with Gasteiger partial charge in [0.2, 0.25) is 0 Å². The number of hydrogen-bond acceptors (Lipinski definition) is 3. The van der Waals surface area contributed by atoms with E-state index in [4.69, 9.17) is 5.11 Å². The van der Waals surface area contributed by atoms with Crippen LogP contribution >= 0.6 is 0 Å². The van der Waals surface area contributed by atoms with Gasteiger partial charge in [-0.1, -0.05) is 0 Å².